The molecule has 27 heavy (non-hydrogen) atoms. The summed E-state index contributed by atoms with van der Waals surface area (Å²) in [5.41, 5.74) is 2.34. The van der Waals surface area contributed by atoms with Crippen molar-refractivity contribution in [2.45, 2.75) is 76.5 Å². The molecule has 0 bridgehead atoms. The molecule has 1 aromatic rings. The molecule has 4 heteroatoms. The van der Waals surface area contributed by atoms with Gasteiger partial charge in [0.05, 0.1) is 6.10 Å². The van der Waals surface area contributed by atoms with Gasteiger partial charge in [0.25, 0.3) is 0 Å². The van der Waals surface area contributed by atoms with E-state index in [0.717, 1.165) is 44.9 Å². The number of hydrogen-bond donors (Lipinski definition) is 2. The summed E-state index contributed by atoms with van der Waals surface area (Å²) in [6, 6.07) is 5.82. The Labute approximate surface area is 167 Å². The number of halogens is 2. The van der Waals surface area contributed by atoms with E-state index in [4.69, 9.17) is 11.6 Å². The number of phenolic OH excluding ortho intramolecular Hbond substituents is 1. The van der Waals surface area contributed by atoms with Crippen molar-refractivity contribution < 1.29 is 14.6 Å². The zero-order valence-corrected chi connectivity index (χ0v) is 17.0. The molecule has 3 aliphatic carbocycles. The lowest BCUT2D eigenvalue weighted by Gasteiger charge is -2.53. The third-order valence-electron chi connectivity index (χ3n) is 8.03. The molecule has 0 heterocycles. The van der Waals surface area contributed by atoms with Crippen LogP contribution in [-0.4, -0.2) is 28.4 Å². The minimum absolute atomic E-state index is 0.251. The Morgan fingerprint density at radius 2 is 2.07 bits per heavy atom. The van der Waals surface area contributed by atoms with E-state index in [9.17, 15) is 14.6 Å². The largest absolute Gasteiger partial charge is 0.508 e. The summed E-state index contributed by atoms with van der Waals surface area (Å²) >= 11 is 5.84. The smallest absolute Gasteiger partial charge is 0.127 e. The van der Waals surface area contributed by atoms with E-state index in [1.807, 2.05) is 6.07 Å². The van der Waals surface area contributed by atoms with Crippen molar-refractivity contribution in [1.29, 1.82) is 0 Å². The van der Waals surface area contributed by atoms with E-state index in [2.05, 4.69) is 13.0 Å². The highest BCUT2D eigenvalue weighted by molar-refractivity contribution is 6.17. The topological polar surface area (TPSA) is 40.5 Å². The minimum Gasteiger partial charge on any atom is -0.508 e. The Morgan fingerprint density at radius 1 is 1.26 bits per heavy atom. The Morgan fingerprint density at radius 3 is 2.85 bits per heavy atom. The van der Waals surface area contributed by atoms with E-state index >= 15 is 0 Å². The SMILES string of the molecule is C[C@]12CC[C@@H]3c4ccc(O)cc4C[C@@H](CCCCCCl)[C@H]3[C@@H]1C[C@@H](F)[C@H]2O. The predicted molar refractivity (Wildman–Crippen MR) is 107 cm³/mol. The molecular weight excluding hydrogens is 363 g/mol. The quantitative estimate of drug-likeness (QED) is 0.505. The second-order valence-corrected chi connectivity index (χ2v) is 9.79. The number of aliphatic hydroxyl groups excluding tert-OH is 1. The average Bonchev–Trinajstić information content (AvgIpc) is 2.88. The van der Waals surface area contributed by atoms with Crippen molar-refractivity contribution in [3.8, 4) is 5.75 Å². The number of aliphatic hydroxyl groups is 1. The number of benzene rings is 1. The molecule has 0 spiro atoms. The highest BCUT2D eigenvalue weighted by Gasteiger charge is 2.59. The molecule has 2 fully saturated rings. The van der Waals surface area contributed by atoms with Crippen molar-refractivity contribution in [2.75, 3.05) is 5.88 Å². The van der Waals surface area contributed by atoms with Crippen molar-refractivity contribution in [3.63, 3.8) is 0 Å². The van der Waals surface area contributed by atoms with Gasteiger partial charge in [-0.15, -0.1) is 11.6 Å². The molecule has 0 unspecified atom stereocenters. The van der Waals surface area contributed by atoms with Gasteiger partial charge in [0.2, 0.25) is 0 Å². The summed E-state index contributed by atoms with van der Waals surface area (Å²) in [6.45, 7) is 2.12. The van der Waals surface area contributed by atoms with Gasteiger partial charge in [0.1, 0.15) is 11.9 Å². The average molecular weight is 395 g/mol. The Balaban J connectivity index is 1.66. The van der Waals surface area contributed by atoms with Crippen LogP contribution in [0.15, 0.2) is 18.2 Å². The molecule has 3 aliphatic rings. The summed E-state index contributed by atoms with van der Waals surface area (Å²) < 4.78 is 14.6. The fourth-order valence-corrected chi connectivity index (χ4v) is 6.87. The monoisotopic (exact) mass is 394 g/mol. The first-order valence-corrected chi connectivity index (χ1v) is 11.2. The number of unbranched alkanes of at least 4 members (excludes halogenated alkanes) is 2. The molecule has 1 aromatic carbocycles. The number of rotatable bonds is 5. The second kappa shape index (κ2) is 7.55. The molecule has 2 saturated carbocycles. The Hall–Kier alpha value is -0.800. The van der Waals surface area contributed by atoms with Crippen LogP contribution in [0.3, 0.4) is 0 Å². The molecule has 0 amide bonds. The molecule has 7 atom stereocenters. The van der Waals surface area contributed by atoms with E-state index in [1.54, 1.807) is 6.07 Å². The highest BCUT2D eigenvalue weighted by atomic mass is 35.5. The summed E-state index contributed by atoms with van der Waals surface area (Å²) in [5.74, 6) is 2.68. The number of aromatic hydroxyl groups is 1. The van der Waals surface area contributed by atoms with Crippen LogP contribution in [0.5, 0.6) is 5.75 Å². The highest BCUT2D eigenvalue weighted by Crippen LogP contribution is 2.63. The fourth-order valence-electron chi connectivity index (χ4n) is 6.68. The molecule has 0 radical (unpaired) electrons. The zero-order valence-electron chi connectivity index (χ0n) is 16.2. The van der Waals surface area contributed by atoms with E-state index in [1.165, 1.54) is 11.1 Å². The zero-order chi connectivity index (χ0) is 19.2. The van der Waals surface area contributed by atoms with Crippen LogP contribution in [0.2, 0.25) is 0 Å². The third-order valence-corrected chi connectivity index (χ3v) is 8.30. The molecule has 2 N–H and O–H groups in total. The molecule has 150 valence electrons. The summed E-state index contributed by atoms with van der Waals surface area (Å²) in [6.07, 6.45) is 5.94. The van der Waals surface area contributed by atoms with Crippen LogP contribution in [0.1, 0.15) is 68.9 Å². The van der Waals surface area contributed by atoms with Gasteiger partial charge in [-0.25, -0.2) is 4.39 Å². The van der Waals surface area contributed by atoms with Gasteiger partial charge in [-0.05, 0) is 90.9 Å². The van der Waals surface area contributed by atoms with E-state index in [-0.39, 0.29) is 11.3 Å². The standard InChI is InChI=1S/C23H32ClFO2/c1-23-9-8-18-17-7-6-16(26)12-15(17)11-14(5-3-2-4-10-24)21(18)19(23)13-20(25)22(23)27/h6-7,12,14,18-22,26-27H,2-5,8-11,13H2,1H3/t14-,18-,19+,20-,21-,22-,23+/m1/s1. The van der Waals surface area contributed by atoms with Crippen LogP contribution in [0.4, 0.5) is 4.39 Å². The number of phenols is 1. The fraction of sp³-hybridized carbons (Fsp3) is 0.739. The predicted octanol–water partition coefficient (Wildman–Crippen LogP) is 5.58. The lowest BCUT2D eigenvalue weighted by Crippen LogP contribution is -2.47. The van der Waals surface area contributed by atoms with E-state index < -0.39 is 12.3 Å². The van der Waals surface area contributed by atoms with Gasteiger partial charge in [-0.3, -0.25) is 0 Å². The lowest BCUT2D eigenvalue weighted by molar-refractivity contribution is -0.0495. The van der Waals surface area contributed by atoms with Crippen molar-refractivity contribution in [2.24, 2.45) is 23.2 Å². The second-order valence-electron chi connectivity index (χ2n) is 9.42. The van der Waals surface area contributed by atoms with Crippen molar-refractivity contribution >= 4 is 11.6 Å². The summed E-state index contributed by atoms with van der Waals surface area (Å²) in [7, 11) is 0. The lowest BCUT2D eigenvalue weighted by atomic mass is 9.52. The van der Waals surface area contributed by atoms with Gasteiger partial charge in [0, 0.05) is 5.88 Å². The molecule has 2 nitrogen and oxygen atoms in total. The number of hydrogen-bond acceptors (Lipinski definition) is 2. The molecule has 0 aliphatic heterocycles. The first kappa shape index (κ1) is 19.5. The first-order chi connectivity index (χ1) is 13.0. The van der Waals surface area contributed by atoms with E-state index in [0.29, 0.717) is 35.8 Å². The molecule has 4 rings (SSSR count). The van der Waals surface area contributed by atoms with Crippen LogP contribution in [-0.2, 0) is 6.42 Å². The molecular formula is C23H32ClFO2. The van der Waals surface area contributed by atoms with Gasteiger partial charge in [0.15, 0.2) is 0 Å². The van der Waals surface area contributed by atoms with Crippen molar-refractivity contribution in [3.05, 3.63) is 29.3 Å². The number of fused-ring (bicyclic) bond motifs is 5. The normalized spacial score (nSPS) is 40.3. The first-order valence-electron chi connectivity index (χ1n) is 10.7. The van der Waals surface area contributed by atoms with Gasteiger partial charge < -0.3 is 10.2 Å². The summed E-state index contributed by atoms with van der Waals surface area (Å²) in [5, 5.41) is 20.6. The maximum Gasteiger partial charge on any atom is 0.127 e. The van der Waals surface area contributed by atoms with Crippen LogP contribution in [0, 0.1) is 23.2 Å². The minimum atomic E-state index is -1.09. The van der Waals surface area contributed by atoms with Gasteiger partial charge in [-0.2, -0.15) is 0 Å². The van der Waals surface area contributed by atoms with Crippen LogP contribution in [0.25, 0.3) is 0 Å². The number of alkyl halides is 2. The van der Waals surface area contributed by atoms with Crippen LogP contribution >= 0.6 is 11.6 Å². The molecule has 0 saturated heterocycles. The molecule has 0 aromatic heterocycles. The Bertz CT molecular complexity index is 680. The van der Waals surface area contributed by atoms with Gasteiger partial charge >= 0.3 is 0 Å². The van der Waals surface area contributed by atoms with Crippen molar-refractivity contribution in [1.82, 2.24) is 0 Å². The summed E-state index contributed by atoms with van der Waals surface area (Å²) in [4.78, 5) is 0. The van der Waals surface area contributed by atoms with Crippen LogP contribution < -0.4 is 0 Å². The maximum atomic E-state index is 14.6. The maximum absolute atomic E-state index is 14.6. The van der Waals surface area contributed by atoms with Gasteiger partial charge in [-0.1, -0.05) is 25.8 Å². The Kier molecular flexibility index (Phi) is 5.46. The third kappa shape index (κ3) is 3.29.